The van der Waals surface area contributed by atoms with E-state index in [2.05, 4.69) is 5.32 Å². The number of hydrogen-bond acceptors (Lipinski definition) is 3. The second kappa shape index (κ2) is 6.59. The van der Waals surface area contributed by atoms with E-state index in [0.29, 0.717) is 5.69 Å². The molecule has 1 atom stereocenters. The van der Waals surface area contributed by atoms with Crippen LogP contribution in [-0.2, 0) is 9.53 Å². The third-order valence-corrected chi connectivity index (χ3v) is 3.42. The van der Waals surface area contributed by atoms with Crippen molar-refractivity contribution in [3.63, 3.8) is 0 Å². The fourth-order valence-electron chi connectivity index (χ4n) is 1.97. The van der Waals surface area contributed by atoms with Crippen molar-refractivity contribution in [3.8, 4) is 0 Å². The third kappa shape index (κ3) is 3.52. The van der Waals surface area contributed by atoms with Gasteiger partial charge in [0.25, 0.3) is 0 Å². The van der Waals surface area contributed by atoms with Gasteiger partial charge in [0.15, 0.2) is 6.04 Å². The quantitative estimate of drug-likeness (QED) is 0.864. The molecule has 2 aromatic rings. The van der Waals surface area contributed by atoms with Gasteiger partial charge in [0.2, 0.25) is 0 Å². The van der Waals surface area contributed by atoms with Crippen LogP contribution in [0.15, 0.2) is 42.5 Å². The molecular formula is C16H15ClFNO2. The Bertz CT molecular complexity index is 623. The Hall–Kier alpha value is -2.07. The Kier molecular flexibility index (Phi) is 4.81. The number of carbonyl (C=O) groups excluding carboxylic acids is 1. The molecule has 0 aromatic heterocycles. The van der Waals surface area contributed by atoms with Gasteiger partial charge >= 0.3 is 5.97 Å². The van der Waals surface area contributed by atoms with Crippen molar-refractivity contribution in [2.75, 3.05) is 12.4 Å². The number of ether oxygens (including phenoxy) is 1. The molecule has 0 aliphatic rings. The number of carbonyl (C=O) groups is 1. The molecule has 0 spiro atoms. The second-order valence-electron chi connectivity index (χ2n) is 4.60. The van der Waals surface area contributed by atoms with E-state index in [1.54, 1.807) is 12.1 Å². The van der Waals surface area contributed by atoms with Crippen LogP contribution in [0.5, 0.6) is 0 Å². The number of nitrogens with one attached hydrogen (secondary N) is 1. The maximum absolute atomic E-state index is 14.0. The zero-order valence-corrected chi connectivity index (χ0v) is 12.4. The summed E-state index contributed by atoms with van der Waals surface area (Å²) in [5, 5.41) is 3.13. The Morgan fingerprint density at radius 2 is 1.90 bits per heavy atom. The van der Waals surface area contributed by atoms with Gasteiger partial charge in [0.1, 0.15) is 5.82 Å². The van der Waals surface area contributed by atoms with E-state index in [-0.39, 0.29) is 10.6 Å². The molecule has 1 N–H and O–H groups in total. The van der Waals surface area contributed by atoms with E-state index in [1.165, 1.54) is 25.3 Å². The fourth-order valence-corrected chi connectivity index (χ4v) is 2.24. The largest absolute Gasteiger partial charge is 0.467 e. The molecule has 2 aromatic carbocycles. The Morgan fingerprint density at radius 3 is 2.48 bits per heavy atom. The average Bonchev–Trinajstić information content (AvgIpc) is 2.47. The Balaban J connectivity index is 2.39. The summed E-state index contributed by atoms with van der Waals surface area (Å²) < 4.78 is 18.8. The highest BCUT2D eigenvalue weighted by Gasteiger charge is 2.26. The minimum atomic E-state index is -1.01. The highest BCUT2D eigenvalue weighted by molar-refractivity contribution is 6.31. The standard InChI is InChI=1S/C16H15ClFNO2/c1-10-6-8-11(9-7-10)19-15(16(20)21-2)14-12(17)4-3-5-13(14)18/h3-9,15,19H,1-2H3. The minimum absolute atomic E-state index is 0.0755. The first kappa shape index (κ1) is 15.3. The van der Waals surface area contributed by atoms with Crippen molar-refractivity contribution < 1.29 is 13.9 Å². The molecule has 0 heterocycles. The molecular weight excluding hydrogens is 293 g/mol. The van der Waals surface area contributed by atoms with Gasteiger partial charge in [0, 0.05) is 16.3 Å². The Labute approximate surface area is 127 Å². The first-order valence-electron chi connectivity index (χ1n) is 6.38. The van der Waals surface area contributed by atoms with Gasteiger partial charge in [-0.2, -0.15) is 0 Å². The van der Waals surface area contributed by atoms with E-state index < -0.39 is 17.8 Å². The van der Waals surface area contributed by atoms with E-state index in [1.807, 2.05) is 19.1 Å². The third-order valence-electron chi connectivity index (χ3n) is 3.09. The number of anilines is 1. The SMILES string of the molecule is COC(=O)C(Nc1ccc(C)cc1)c1c(F)cccc1Cl. The van der Waals surface area contributed by atoms with E-state index in [0.717, 1.165) is 5.56 Å². The first-order valence-corrected chi connectivity index (χ1v) is 6.75. The van der Waals surface area contributed by atoms with Crippen LogP contribution < -0.4 is 5.32 Å². The molecule has 5 heteroatoms. The smallest absolute Gasteiger partial charge is 0.333 e. The summed E-state index contributed by atoms with van der Waals surface area (Å²) >= 11 is 6.03. The number of methoxy groups -OCH3 is 1. The first-order chi connectivity index (χ1) is 10.0. The van der Waals surface area contributed by atoms with Gasteiger partial charge in [-0.05, 0) is 31.2 Å². The molecule has 0 aliphatic carbocycles. The fraction of sp³-hybridized carbons (Fsp3) is 0.188. The molecule has 21 heavy (non-hydrogen) atoms. The predicted octanol–water partition coefficient (Wildman–Crippen LogP) is 4.11. The molecule has 3 nitrogen and oxygen atoms in total. The number of hydrogen-bond donors (Lipinski definition) is 1. The molecule has 1 unspecified atom stereocenters. The summed E-state index contributed by atoms with van der Waals surface area (Å²) in [6, 6.07) is 10.7. The van der Waals surface area contributed by atoms with Crippen LogP contribution >= 0.6 is 11.6 Å². The van der Waals surface area contributed by atoms with E-state index in [9.17, 15) is 9.18 Å². The number of aryl methyl sites for hydroxylation is 1. The van der Waals surface area contributed by atoms with Crippen LogP contribution in [-0.4, -0.2) is 13.1 Å². The lowest BCUT2D eigenvalue weighted by atomic mass is 10.1. The van der Waals surface area contributed by atoms with Crippen LogP contribution in [0.2, 0.25) is 5.02 Å². The van der Waals surface area contributed by atoms with Gasteiger partial charge in [-0.15, -0.1) is 0 Å². The van der Waals surface area contributed by atoms with E-state index in [4.69, 9.17) is 16.3 Å². The summed E-state index contributed by atoms with van der Waals surface area (Å²) in [5.74, 6) is -1.17. The lowest BCUT2D eigenvalue weighted by molar-refractivity contribution is -0.141. The van der Waals surface area contributed by atoms with Gasteiger partial charge in [0.05, 0.1) is 7.11 Å². The molecule has 0 aliphatic heterocycles. The predicted molar refractivity (Wildman–Crippen MR) is 81.0 cm³/mol. The summed E-state index contributed by atoms with van der Waals surface area (Å²) in [6.07, 6.45) is 0. The van der Waals surface area contributed by atoms with Crippen LogP contribution in [0.4, 0.5) is 10.1 Å². The topological polar surface area (TPSA) is 38.3 Å². The highest BCUT2D eigenvalue weighted by Crippen LogP contribution is 2.29. The van der Waals surface area contributed by atoms with Crippen molar-refractivity contribution in [2.45, 2.75) is 13.0 Å². The summed E-state index contributed by atoms with van der Waals surface area (Å²) in [7, 11) is 1.25. The van der Waals surface area contributed by atoms with Crippen molar-refractivity contribution in [1.82, 2.24) is 0 Å². The van der Waals surface area contributed by atoms with Crippen LogP contribution in [0.1, 0.15) is 17.2 Å². The van der Waals surface area contributed by atoms with Gasteiger partial charge < -0.3 is 10.1 Å². The number of halogens is 2. The van der Waals surface area contributed by atoms with Gasteiger partial charge in [-0.25, -0.2) is 9.18 Å². The molecule has 2 rings (SSSR count). The second-order valence-corrected chi connectivity index (χ2v) is 5.01. The average molecular weight is 308 g/mol. The van der Waals surface area contributed by atoms with Crippen LogP contribution in [0, 0.1) is 12.7 Å². The molecule has 0 bridgehead atoms. The molecule has 0 fully saturated rings. The summed E-state index contributed by atoms with van der Waals surface area (Å²) in [6.45, 7) is 1.95. The number of rotatable bonds is 4. The van der Waals surface area contributed by atoms with Crippen molar-refractivity contribution in [3.05, 3.63) is 64.4 Å². The van der Waals surface area contributed by atoms with Crippen LogP contribution in [0.3, 0.4) is 0 Å². The molecule has 0 saturated heterocycles. The summed E-state index contributed by atoms with van der Waals surface area (Å²) in [5.41, 5.74) is 1.83. The molecule has 0 amide bonds. The van der Waals surface area contributed by atoms with Crippen molar-refractivity contribution in [2.24, 2.45) is 0 Å². The van der Waals surface area contributed by atoms with Gasteiger partial charge in [-0.3, -0.25) is 0 Å². The van der Waals surface area contributed by atoms with Crippen molar-refractivity contribution in [1.29, 1.82) is 0 Å². The molecule has 110 valence electrons. The molecule has 0 saturated carbocycles. The lowest BCUT2D eigenvalue weighted by Gasteiger charge is -2.19. The summed E-state index contributed by atoms with van der Waals surface area (Å²) in [4.78, 5) is 12.0. The zero-order valence-electron chi connectivity index (χ0n) is 11.7. The zero-order chi connectivity index (χ0) is 15.4. The number of esters is 1. The monoisotopic (exact) mass is 307 g/mol. The lowest BCUT2D eigenvalue weighted by Crippen LogP contribution is -2.23. The maximum atomic E-state index is 14.0. The van der Waals surface area contributed by atoms with E-state index >= 15 is 0 Å². The Morgan fingerprint density at radius 1 is 1.24 bits per heavy atom. The molecule has 0 radical (unpaired) electrons. The van der Waals surface area contributed by atoms with Crippen LogP contribution in [0.25, 0.3) is 0 Å². The number of benzene rings is 2. The highest BCUT2D eigenvalue weighted by atomic mass is 35.5. The normalized spacial score (nSPS) is 11.8. The maximum Gasteiger partial charge on any atom is 0.333 e. The van der Waals surface area contributed by atoms with Crippen molar-refractivity contribution >= 4 is 23.3 Å². The minimum Gasteiger partial charge on any atom is -0.467 e. The van der Waals surface area contributed by atoms with Gasteiger partial charge in [-0.1, -0.05) is 35.4 Å².